The number of carbonyl (C=O) groups excluding carboxylic acids is 2. The zero-order valence-electron chi connectivity index (χ0n) is 15.3. The Labute approximate surface area is 166 Å². The highest BCUT2D eigenvalue weighted by molar-refractivity contribution is 6.33. The number of aromatic nitrogens is 2. The molecule has 140 valence electrons. The Balaban J connectivity index is 1.80. The van der Waals surface area contributed by atoms with Gasteiger partial charge in [0.25, 0.3) is 0 Å². The maximum absolute atomic E-state index is 13.1. The van der Waals surface area contributed by atoms with Crippen molar-refractivity contribution >= 4 is 34.9 Å². The molecule has 7 heteroatoms. The highest BCUT2D eigenvalue weighted by atomic mass is 35.5. The van der Waals surface area contributed by atoms with E-state index in [0.29, 0.717) is 27.7 Å². The van der Waals surface area contributed by atoms with Crippen molar-refractivity contribution < 1.29 is 9.59 Å². The zero-order valence-corrected chi connectivity index (χ0v) is 16.1. The summed E-state index contributed by atoms with van der Waals surface area (Å²) in [5.41, 5.74) is 3.77. The largest absolute Gasteiger partial charge is 0.325 e. The number of benzene rings is 2. The molecule has 1 aromatic heterocycles. The molecular formula is C21H17ClN4O2. The topological polar surface area (TPSA) is 76.0 Å². The smallest absolute Gasteiger partial charge is 0.240 e. The van der Waals surface area contributed by atoms with E-state index in [0.717, 1.165) is 16.8 Å². The van der Waals surface area contributed by atoms with Crippen LogP contribution in [0.2, 0.25) is 5.02 Å². The first-order valence-corrected chi connectivity index (χ1v) is 9.36. The predicted molar refractivity (Wildman–Crippen MR) is 107 cm³/mol. The minimum atomic E-state index is -1.18. The molecule has 0 saturated carbocycles. The van der Waals surface area contributed by atoms with Gasteiger partial charge in [0.2, 0.25) is 11.8 Å². The third kappa shape index (κ3) is 2.06. The number of halogens is 1. The van der Waals surface area contributed by atoms with Gasteiger partial charge in [0.15, 0.2) is 0 Å². The minimum absolute atomic E-state index is 0.0128. The molecule has 1 atom stereocenters. The Hall–Kier alpha value is -3.12. The quantitative estimate of drug-likeness (QED) is 0.662. The van der Waals surface area contributed by atoms with E-state index in [1.165, 1.54) is 0 Å². The molecule has 28 heavy (non-hydrogen) atoms. The molecule has 0 saturated heterocycles. The molecule has 0 aliphatic carbocycles. The van der Waals surface area contributed by atoms with Gasteiger partial charge in [-0.05, 0) is 43.2 Å². The van der Waals surface area contributed by atoms with E-state index in [4.69, 9.17) is 11.6 Å². The van der Waals surface area contributed by atoms with Crippen LogP contribution in [0.3, 0.4) is 0 Å². The van der Waals surface area contributed by atoms with Gasteiger partial charge in [0.05, 0.1) is 11.9 Å². The maximum atomic E-state index is 13.1. The monoisotopic (exact) mass is 392 g/mol. The number of nitrogens with zero attached hydrogens (tertiary/aromatic N) is 2. The third-order valence-corrected chi connectivity index (χ3v) is 6.11. The molecule has 0 fully saturated rings. The molecule has 1 spiro atoms. The van der Waals surface area contributed by atoms with Crippen molar-refractivity contribution in [3.8, 4) is 5.69 Å². The van der Waals surface area contributed by atoms with Gasteiger partial charge < -0.3 is 10.6 Å². The van der Waals surface area contributed by atoms with Gasteiger partial charge in [0, 0.05) is 28.3 Å². The van der Waals surface area contributed by atoms with Crippen LogP contribution in [0.25, 0.3) is 5.69 Å². The van der Waals surface area contributed by atoms with E-state index in [1.54, 1.807) is 29.1 Å². The number of fused-ring (bicyclic) bond motifs is 4. The number of carbonyl (C=O) groups is 2. The number of hydrogen-bond acceptors (Lipinski definition) is 3. The molecule has 3 aromatic rings. The SMILES string of the molecule is Cc1cccc(-n2ncc3c2NC(=O)CC32C(=O)Nc3cccc(Cl)c32)c1C. The molecule has 2 amide bonds. The normalized spacial score (nSPS) is 20.0. The predicted octanol–water partition coefficient (Wildman–Crippen LogP) is 3.72. The van der Waals surface area contributed by atoms with Crippen molar-refractivity contribution in [2.45, 2.75) is 25.7 Å². The van der Waals surface area contributed by atoms with Crippen LogP contribution in [0.4, 0.5) is 11.5 Å². The van der Waals surface area contributed by atoms with Crippen LogP contribution in [-0.2, 0) is 15.0 Å². The van der Waals surface area contributed by atoms with E-state index >= 15 is 0 Å². The van der Waals surface area contributed by atoms with Crippen LogP contribution in [0, 0.1) is 13.8 Å². The summed E-state index contributed by atoms with van der Waals surface area (Å²) < 4.78 is 1.69. The molecule has 0 radical (unpaired) electrons. The third-order valence-electron chi connectivity index (χ3n) is 5.79. The van der Waals surface area contributed by atoms with Crippen LogP contribution < -0.4 is 10.6 Å². The van der Waals surface area contributed by atoms with Crippen LogP contribution in [0.15, 0.2) is 42.6 Å². The van der Waals surface area contributed by atoms with Crippen LogP contribution in [-0.4, -0.2) is 21.6 Å². The minimum Gasteiger partial charge on any atom is -0.325 e. The number of aryl methyl sites for hydroxylation is 1. The summed E-state index contributed by atoms with van der Waals surface area (Å²) in [5.74, 6) is 0.00237. The zero-order chi connectivity index (χ0) is 19.6. The molecule has 6 nitrogen and oxygen atoms in total. The second-order valence-corrected chi connectivity index (χ2v) is 7.69. The number of hydrogen-bond donors (Lipinski definition) is 2. The molecule has 1 unspecified atom stereocenters. The van der Waals surface area contributed by atoms with E-state index in [1.807, 2.05) is 32.0 Å². The number of nitrogens with one attached hydrogen (secondary N) is 2. The average Bonchev–Trinajstić information content (AvgIpc) is 3.18. The Morgan fingerprint density at radius 1 is 1.11 bits per heavy atom. The van der Waals surface area contributed by atoms with Crippen molar-refractivity contribution in [2.75, 3.05) is 10.6 Å². The lowest BCUT2D eigenvalue weighted by Crippen LogP contribution is -2.43. The summed E-state index contributed by atoms with van der Waals surface area (Å²) in [6.45, 7) is 4.03. The van der Waals surface area contributed by atoms with Crippen LogP contribution in [0.1, 0.15) is 28.7 Å². The molecule has 0 bridgehead atoms. The Bertz CT molecular complexity index is 1180. The summed E-state index contributed by atoms with van der Waals surface area (Å²) in [5, 5.41) is 10.8. The summed E-state index contributed by atoms with van der Waals surface area (Å²) in [7, 11) is 0. The fourth-order valence-electron chi connectivity index (χ4n) is 4.27. The van der Waals surface area contributed by atoms with Crippen molar-refractivity contribution in [1.82, 2.24) is 9.78 Å². The van der Waals surface area contributed by atoms with Crippen LogP contribution >= 0.6 is 11.6 Å². The summed E-state index contributed by atoms with van der Waals surface area (Å²) in [6.07, 6.45) is 1.65. The lowest BCUT2D eigenvalue weighted by Gasteiger charge is -2.32. The van der Waals surface area contributed by atoms with Gasteiger partial charge in [0.1, 0.15) is 11.2 Å². The standard InChI is InChI=1S/C21H17ClN4O2/c1-11-5-3-8-16(12(11)2)26-19-13(10-23-26)21(9-17(27)25-19)18-14(22)6-4-7-15(18)24-20(21)28/h3-8,10H,9H2,1-2H3,(H,24,28)(H,25,27). The van der Waals surface area contributed by atoms with E-state index < -0.39 is 5.41 Å². The van der Waals surface area contributed by atoms with Gasteiger partial charge in [-0.15, -0.1) is 0 Å². The molecule has 3 heterocycles. The Kier molecular flexibility index (Phi) is 3.46. The first-order valence-electron chi connectivity index (χ1n) is 8.99. The Morgan fingerprint density at radius 3 is 2.71 bits per heavy atom. The molecular weight excluding hydrogens is 376 g/mol. The first kappa shape index (κ1) is 17.0. The first-order chi connectivity index (χ1) is 13.4. The maximum Gasteiger partial charge on any atom is 0.240 e. The number of rotatable bonds is 1. The summed E-state index contributed by atoms with van der Waals surface area (Å²) >= 11 is 6.49. The van der Waals surface area contributed by atoms with Crippen molar-refractivity contribution in [2.24, 2.45) is 0 Å². The fourth-order valence-corrected chi connectivity index (χ4v) is 4.61. The average molecular weight is 393 g/mol. The van der Waals surface area contributed by atoms with Crippen molar-refractivity contribution in [1.29, 1.82) is 0 Å². The highest BCUT2D eigenvalue weighted by Gasteiger charge is 2.55. The lowest BCUT2D eigenvalue weighted by molar-refractivity contribution is -0.125. The Morgan fingerprint density at radius 2 is 1.89 bits per heavy atom. The summed E-state index contributed by atoms with van der Waals surface area (Å²) in [6, 6.07) is 11.2. The molecule has 2 aliphatic heterocycles. The summed E-state index contributed by atoms with van der Waals surface area (Å²) in [4.78, 5) is 25.9. The molecule has 2 aromatic carbocycles. The molecule has 2 aliphatic rings. The second-order valence-electron chi connectivity index (χ2n) is 7.28. The van der Waals surface area contributed by atoms with Crippen LogP contribution in [0.5, 0.6) is 0 Å². The highest BCUT2D eigenvalue weighted by Crippen LogP contribution is 2.52. The van der Waals surface area contributed by atoms with Gasteiger partial charge in [-0.1, -0.05) is 29.8 Å². The van der Waals surface area contributed by atoms with Gasteiger partial charge >= 0.3 is 0 Å². The van der Waals surface area contributed by atoms with E-state index in [2.05, 4.69) is 15.7 Å². The van der Waals surface area contributed by atoms with Crippen molar-refractivity contribution in [3.63, 3.8) is 0 Å². The number of amides is 2. The molecule has 5 rings (SSSR count). The number of anilines is 2. The van der Waals surface area contributed by atoms with Gasteiger partial charge in [-0.3, -0.25) is 9.59 Å². The van der Waals surface area contributed by atoms with Gasteiger partial charge in [-0.25, -0.2) is 4.68 Å². The van der Waals surface area contributed by atoms with Crippen molar-refractivity contribution in [3.05, 3.63) is 69.9 Å². The van der Waals surface area contributed by atoms with E-state index in [9.17, 15) is 9.59 Å². The lowest BCUT2D eigenvalue weighted by atomic mass is 9.72. The second kappa shape index (κ2) is 5.69. The van der Waals surface area contributed by atoms with E-state index in [-0.39, 0.29) is 18.2 Å². The fraction of sp³-hybridized carbons (Fsp3) is 0.190. The molecule has 2 N–H and O–H groups in total. The van der Waals surface area contributed by atoms with Gasteiger partial charge in [-0.2, -0.15) is 5.10 Å².